The number of rotatable bonds is 22. The van der Waals surface area contributed by atoms with Crippen LogP contribution in [0.3, 0.4) is 0 Å². The van der Waals surface area contributed by atoms with Crippen LogP contribution in [-0.4, -0.2) is 196 Å². The molecule has 2 amide bonds. The summed E-state index contributed by atoms with van der Waals surface area (Å²) in [5.74, 6) is 2.52. The van der Waals surface area contributed by atoms with E-state index >= 15 is 0 Å². The summed E-state index contributed by atoms with van der Waals surface area (Å²) in [6, 6.07) is 60.0. The number of piperidine rings is 2. The van der Waals surface area contributed by atoms with E-state index < -0.39 is 49.1 Å². The van der Waals surface area contributed by atoms with Crippen LogP contribution in [0.4, 0.5) is 11.6 Å². The summed E-state index contributed by atoms with van der Waals surface area (Å²) in [6.45, 7) is 4.35. The fourth-order valence-electron chi connectivity index (χ4n) is 13.2. The van der Waals surface area contributed by atoms with Crippen molar-refractivity contribution in [2.45, 2.75) is 106 Å². The monoisotopic (exact) mass is 1370 g/mol. The van der Waals surface area contributed by atoms with Crippen molar-refractivity contribution in [1.82, 2.24) is 54.2 Å². The second-order valence-corrected chi connectivity index (χ2v) is 25.4. The second-order valence-electron chi connectivity index (χ2n) is 25.4. The van der Waals surface area contributed by atoms with Gasteiger partial charge in [0, 0.05) is 95.3 Å². The summed E-state index contributed by atoms with van der Waals surface area (Å²) in [6.07, 6.45) is -2.04. The highest BCUT2D eigenvalue weighted by Gasteiger charge is 2.46. The predicted molar refractivity (Wildman–Crippen MR) is 379 cm³/mol. The number of likely N-dealkylation sites (tertiary alicyclic amines) is 2. The van der Waals surface area contributed by atoms with Gasteiger partial charge in [-0.15, -0.1) is 0 Å². The molecule has 6 aromatic carbocycles. The number of methoxy groups -OCH3 is 2. The van der Waals surface area contributed by atoms with E-state index in [2.05, 4.69) is 84.4 Å². The number of imidazole rings is 2. The number of ketones is 1. The average molecular weight is 1370 g/mol. The fraction of sp³-hybridized carbons (Fsp3) is 0.355. The Morgan fingerprint density at radius 3 is 1.27 bits per heavy atom. The van der Waals surface area contributed by atoms with Gasteiger partial charge in [0.05, 0.1) is 39.0 Å². The highest BCUT2D eigenvalue weighted by Crippen LogP contribution is 2.36. The van der Waals surface area contributed by atoms with Crippen LogP contribution in [0.2, 0.25) is 0 Å². The molecule has 10 aromatic rings. The van der Waals surface area contributed by atoms with Crippen molar-refractivity contribution >= 4 is 51.6 Å². The van der Waals surface area contributed by atoms with E-state index in [1.54, 1.807) is 32.5 Å². The van der Waals surface area contributed by atoms with E-state index in [1.165, 1.54) is 42.8 Å². The first-order valence-corrected chi connectivity index (χ1v) is 34.2. The Hall–Kier alpha value is -9.77. The predicted octanol–water partition coefficient (Wildman–Crippen LogP) is 7.02. The van der Waals surface area contributed by atoms with Gasteiger partial charge in [-0.1, -0.05) is 158 Å². The standard InChI is InChI=1S/C38H43N7O5.C26H30N6O4.C12H13NO2/c1-49-23-30-33(46)34(47)38(50-30)45-24-41-32-35(40-21-29(25-11-5-2-6-12-25)26-13-7-3-8-14-26)42-31(43-36(32)45)22-39-28-17-19-44(20-18-28)37(48)27-15-9-4-10-16-27;1-35-14-19-22(33)23(34)26(36-19)32-15-29-21-24(30-20(12-27)31-25(21)32)28-13-18(16-8-4-2-5-9-16)17-10-6-3-7-11-17;14-11-6-8-13(9-7-11)12(15)10-4-2-1-3-5-10/h2-16,24,28-30,33-34,38-39,46-47H,17-23H2,1H3,(H,40,42,43);2-11,15,18-19,22-23,26,33-34H,12-14,27H2,1H3,(H,28,30,31);1-5H,6-9H2/t30-,33-,34-,38-;19-,22-,23-,26-;/m11./s1. The molecular weight excluding hydrogens is 1280 g/mol. The van der Waals surface area contributed by atoms with Crippen molar-refractivity contribution < 1.29 is 53.8 Å². The Morgan fingerprint density at radius 2 is 0.881 bits per heavy atom. The lowest BCUT2D eigenvalue weighted by atomic mass is 9.91. The molecule has 4 aromatic heterocycles. The van der Waals surface area contributed by atoms with Crippen molar-refractivity contribution in [2.24, 2.45) is 5.73 Å². The van der Waals surface area contributed by atoms with Crippen molar-refractivity contribution in [2.75, 3.05) is 77.3 Å². The first-order valence-electron chi connectivity index (χ1n) is 34.2. The number of aromatic nitrogens is 8. The second kappa shape index (κ2) is 34.1. The maximum Gasteiger partial charge on any atom is 0.253 e. The maximum absolute atomic E-state index is 13.0. The number of aliphatic hydroxyl groups excluding tert-OH is 4. The number of nitrogens with two attached hydrogens (primary N) is 1. The summed E-state index contributed by atoms with van der Waals surface area (Å²) in [4.78, 5) is 67.8. The number of anilines is 2. The number of amides is 2. The van der Waals surface area contributed by atoms with Gasteiger partial charge < -0.3 is 70.9 Å². The Balaban J connectivity index is 0.000000164. The Kier molecular flexibility index (Phi) is 24.0. The molecule has 14 rings (SSSR count). The molecule has 8 atom stereocenters. The Bertz CT molecular complexity index is 4200. The topological polar surface area (TPSA) is 325 Å². The molecule has 0 aliphatic carbocycles. The molecule has 0 unspecified atom stereocenters. The van der Waals surface area contributed by atoms with E-state index in [0.29, 0.717) is 115 Å². The third-order valence-corrected chi connectivity index (χ3v) is 18.7. The number of hydrogen-bond acceptors (Lipinski definition) is 21. The molecule has 4 aliphatic heterocycles. The lowest BCUT2D eigenvalue weighted by Crippen LogP contribution is -2.44. The van der Waals surface area contributed by atoms with E-state index in [1.807, 2.05) is 126 Å². The van der Waals surface area contributed by atoms with E-state index in [0.717, 1.165) is 12.8 Å². The number of nitrogens with one attached hydrogen (secondary N) is 3. The van der Waals surface area contributed by atoms with Crippen LogP contribution in [0.1, 0.15) is 105 Å². The number of carbonyl (C=O) groups excluding carboxylic acids is 3. The van der Waals surface area contributed by atoms with Gasteiger partial charge in [0.2, 0.25) is 0 Å². The highest BCUT2D eigenvalue weighted by atomic mass is 16.6. The van der Waals surface area contributed by atoms with Gasteiger partial charge in [0.25, 0.3) is 11.8 Å². The van der Waals surface area contributed by atoms with Gasteiger partial charge in [-0.25, -0.2) is 29.9 Å². The first-order chi connectivity index (χ1) is 49.4. The van der Waals surface area contributed by atoms with Crippen LogP contribution in [0.15, 0.2) is 195 Å². The molecule has 9 N–H and O–H groups in total. The summed E-state index contributed by atoms with van der Waals surface area (Å²) in [5.41, 5.74) is 14.0. The third kappa shape index (κ3) is 17.0. The lowest BCUT2D eigenvalue weighted by Gasteiger charge is -2.32. The highest BCUT2D eigenvalue weighted by molar-refractivity contribution is 5.95. The number of Topliss-reactive ketones (excluding diaryl/α,β-unsaturated/α-hetero) is 1. The molecule has 101 heavy (non-hydrogen) atoms. The summed E-state index contributed by atoms with van der Waals surface area (Å²) in [5, 5.41) is 53.3. The first kappa shape index (κ1) is 71.1. The number of aliphatic hydroxyl groups is 4. The number of benzene rings is 6. The van der Waals surface area contributed by atoms with E-state index in [9.17, 15) is 34.8 Å². The van der Waals surface area contributed by atoms with Gasteiger partial charge in [0.1, 0.15) is 54.1 Å². The lowest BCUT2D eigenvalue weighted by molar-refractivity contribution is -0.120. The molecule has 0 bridgehead atoms. The molecule has 4 aliphatic rings. The number of hydrogen-bond donors (Lipinski definition) is 8. The Morgan fingerprint density at radius 1 is 0.515 bits per heavy atom. The summed E-state index contributed by atoms with van der Waals surface area (Å²) in [7, 11) is 3.04. The van der Waals surface area contributed by atoms with Crippen molar-refractivity contribution in [3.8, 4) is 0 Å². The van der Waals surface area contributed by atoms with E-state index in [-0.39, 0.29) is 55.2 Å². The SMILES string of the molecule is COC[C@H]1O[C@@H](n2cnc3c(NCC(c4ccccc4)c4ccccc4)nc(CN)nc32)[C@H](O)[C@@H]1O.COC[C@H]1O[C@@H](n2cnc3c(NCC(c4ccccc4)c4ccccc4)nc(CNC4CCN(C(=O)c5ccccc5)CC4)nc32)[C@H](O)[C@@H]1O.O=C1CCN(C(=O)c2ccccc2)CC1. The van der Waals surface area contributed by atoms with Crippen molar-refractivity contribution in [3.63, 3.8) is 0 Å². The van der Waals surface area contributed by atoms with E-state index in [4.69, 9.17) is 34.6 Å². The van der Waals surface area contributed by atoms with Gasteiger partial charge in [0.15, 0.2) is 46.4 Å². The number of ether oxygens (including phenoxy) is 4. The maximum atomic E-state index is 13.0. The molecule has 0 saturated carbocycles. The van der Waals surface area contributed by atoms with Crippen LogP contribution in [-0.2, 0) is 36.8 Å². The van der Waals surface area contributed by atoms with Crippen molar-refractivity contribution in [1.29, 1.82) is 0 Å². The normalized spacial score (nSPS) is 20.8. The largest absolute Gasteiger partial charge is 0.387 e. The molecule has 25 nitrogen and oxygen atoms in total. The van der Waals surface area contributed by atoms with Crippen LogP contribution in [0.5, 0.6) is 0 Å². The third-order valence-electron chi connectivity index (χ3n) is 18.7. The molecule has 526 valence electrons. The Labute approximate surface area is 585 Å². The molecule has 0 radical (unpaired) electrons. The van der Waals surface area contributed by atoms with Gasteiger partial charge in [-0.05, 0) is 59.4 Å². The van der Waals surface area contributed by atoms with Crippen molar-refractivity contribution in [3.05, 3.63) is 240 Å². The van der Waals surface area contributed by atoms with Gasteiger partial charge in [-0.3, -0.25) is 23.5 Å². The number of carbonyl (C=O) groups is 3. The van der Waals surface area contributed by atoms with Gasteiger partial charge in [-0.2, -0.15) is 0 Å². The molecule has 8 heterocycles. The molecule has 25 heteroatoms. The summed E-state index contributed by atoms with van der Waals surface area (Å²) >= 11 is 0. The molecule has 4 fully saturated rings. The van der Waals surface area contributed by atoms with Crippen LogP contribution in [0.25, 0.3) is 22.3 Å². The van der Waals surface area contributed by atoms with Crippen LogP contribution < -0.4 is 21.7 Å². The molecule has 0 spiro atoms. The molecular formula is C76H86N14O11. The number of fused-ring (bicyclic) bond motifs is 2. The zero-order chi connectivity index (χ0) is 70.2. The minimum Gasteiger partial charge on any atom is -0.387 e. The summed E-state index contributed by atoms with van der Waals surface area (Å²) < 4.78 is 25.5. The van der Waals surface area contributed by atoms with Crippen LogP contribution >= 0.6 is 0 Å². The minimum absolute atomic E-state index is 0.0306. The minimum atomic E-state index is -1.20. The van der Waals surface area contributed by atoms with Gasteiger partial charge >= 0.3 is 0 Å². The number of nitrogens with zero attached hydrogens (tertiary/aromatic N) is 10. The molecule has 4 saturated heterocycles. The smallest absolute Gasteiger partial charge is 0.253 e. The zero-order valence-corrected chi connectivity index (χ0v) is 56.4. The average Bonchev–Trinajstić information content (AvgIpc) is 1.63. The fourth-order valence-corrected chi connectivity index (χ4v) is 13.2. The van der Waals surface area contributed by atoms with Crippen LogP contribution in [0, 0.1) is 0 Å². The quantitative estimate of drug-likeness (QED) is 0.0338. The zero-order valence-electron chi connectivity index (χ0n) is 56.4.